The molecule has 0 bridgehead atoms. The highest BCUT2D eigenvalue weighted by molar-refractivity contribution is 5.33. The lowest BCUT2D eigenvalue weighted by Gasteiger charge is -2.16. The summed E-state index contributed by atoms with van der Waals surface area (Å²) in [6, 6.07) is 13.4. The summed E-state index contributed by atoms with van der Waals surface area (Å²) in [5.74, 6) is 0.741. The Balaban J connectivity index is 2.03. The largest absolute Gasteiger partial charge is 0.494 e. The second kappa shape index (κ2) is 7.23. The van der Waals surface area contributed by atoms with E-state index in [2.05, 4.69) is 5.32 Å². The molecule has 0 aliphatic heterocycles. The predicted octanol–water partition coefficient (Wildman–Crippen LogP) is 4.38. The smallest absolute Gasteiger partial charge is 0.126 e. The van der Waals surface area contributed by atoms with Gasteiger partial charge in [-0.05, 0) is 44.0 Å². The first-order valence-corrected chi connectivity index (χ1v) is 7.32. The number of hydrogen-bond donors (Lipinski definition) is 1. The standard InChI is InChI=1S/C18H22FNO/c1-4-21-18-8-6-5-7-16(18)12-20-14(3)15-10-9-13(2)17(19)11-15/h5-11,14,20H,4,12H2,1-3H3. The predicted molar refractivity (Wildman–Crippen MR) is 84.0 cm³/mol. The molecule has 21 heavy (non-hydrogen) atoms. The Kier molecular flexibility index (Phi) is 5.34. The Hall–Kier alpha value is -1.87. The summed E-state index contributed by atoms with van der Waals surface area (Å²) in [6.45, 7) is 7.12. The molecule has 3 heteroatoms. The molecular formula is C18H22FNO. The molecule has 0 spiro atoms. The first-order valence-electron chi connectivity index (χ1n) is 7.32. The molecule has 2 nitrogen and oxygen atoms in total. The average Bonchev–Trinajstić information content (AvgIpc) is 2.49. The van der Waals surface area contributed by atoms with Gasteiger partial charge in [-0.25, -0.2) is 4.39 Å². The summed E-state index contributed by atoms with van der Waals surface area (Å²) < 4.78 is 19.2. The van der Waals surface area contributed by atoms with Crippen LogP contribution in [0.1, 0.15) is 36.6 Å². The third kappa shape index (κ3) is 4.05. The quantitative estimate of drug-likeness (QED) is 0.851. The Morgan fingerprint density at radius 3 is 2.67 bits per heavy atom. The normalized spacial score (nSPS) is 12.2. The van der Waals surface area contributed by atoms with Crippen LogP contribution in [0.2, 0.25) is 0 Å². The van der Waals surface area contributed by atoms with Gasteiger partial charge in [0.2, 0.25) is 0 Å². The van der Waals surface area contributed by atoms with Crippen LogP contribution in [0.3, 0.4) is 0 Å². The zero-order valence-electron chi connectivity index (χ0n) is 12.8. The van der Waals surface area contributed by atoms with Gasteiger partial charge in [0.1, 0.15) is 11.6 Å². The van der Waals surface area contributed by atoms with Crippen LogP contribution in [-0.2, 0) is 6.54 Å². The number of halogens is 1. The van der Waals surface area contributed by atoms with E-state index in [-0.39, 0.29) is 11.9 Å². The number of para-hydroxylation sites is 1. The second-order valence-corrected chi connectivity index (χ2v) is 5.15. The molecule has 0 aliphatic carbocycles. The van der Waals surface area contributed by atoms with Gasteiger partial charge in [-0.2, -0.15) is 0 Å². The molecule has 2 aromatic rings. The molecule has 2 aromatic carbocycles. The number of ether oxygens (including phenoxy) is 1. The van der Waals surface area contributed by atoms with Crippen molar-refractivity contribution in [3.8, 4) is 5.75 Å². The van der Waals surface area contributed by atoms with E-state index in [1.165, 1.54) is 0 Å². The van der Waals surface area contributed by atoms with E-state index in [1.807, 2.05) is 50.2 Å². The molecule has 0 saturated carbocycles. The van der Waals surface area contributed by atoms with E-state index in [9.17, 15) is 4.39 Å². The highest BCUT2D eigenvalue weighted by atomic mass is 19.1. The van der Waals surface area contributed by atoms with Crippen molar-refractivity contribution >= 4 is 0 Å². The fraction of sp³-hybridized carbons (Fsp3) is 0.333. The molecule has 112 valence electrons. The van der Waals surface area contributed by atoms with Crippen molar-refractivity contribution in [3.05, 3.63) is 65.0 Å². The van der Waals surface area contributed by atoms with Crippen molar-refractivity contribution in [2.24, 2.45) is 0 Å². The zero-order valence-corrected chi connectivity index (χ0v) is 12.8. The summed E-state index contributed by atoms with van der Waals surface area (Å²) in [5.41, 5.74) is 2.73. The van der Waals surface area contributed by atoms with Crippen LogP contribution in [0.25, 0.3) is 0 Å². The van der Waals surface area contributed by atoms with Crippen molar-refractivity contribution in [3.63, 3.8) is 0 Å². The van der Waals surface area contributed by atoms with Gasteiger partial charge in [0.05, 0.1) is 6.61 Å². The van der Waals surface area contributed by atoms with E-state index >= 15 is 0 Å². The minimum Gasteiger partial charge on any atom is -0.494 e. The van der Waals surface area contributed by atoms with Crippen molar-refractivity contribution in [1.29, 1.82) is 0 Å². The topological polar surface area (TPSA) is 21.3 Å². The molecule has 0 fully saturated rings. The van der Waals surface area contributed by atoms with E-state index in [4.69, 9.17) is 4.74 Å². The van der Waals surface area contributed by atoms with Gasteiger partial charge in [-0.15, -0.1) is 0 Å². The summed E-state index contributed by atoms with van der Waals surface area (Å²) in [7, 11) is 0. The van der Waals surface area contributed by atoms with Gasteiger partial charge in [-0.3, -0.25) is 0 Å². The molecule has 0 saturated heterocycles. The van der Waals surface area contributed by atoms with E-state index in [1.54, 1.807) is 13.0 Å². The number of benzene rings is 2. The Morgan fingerprint density at radius 1 is 1.19 bits per heavy atom. The van der Waals surface area contributed by atoms with Crippen LogP contribution in [-0.4, -0.2) is 6.61 Å². The maximum Gasteiger partial charge on any atom is 0.126 e. The Labute approximate surface area is 126 Å². The number of hydrogen-bond acceptors (Lipinski definition) is 2. The molecule has 1 unspecified atom stereocenters. The summed E-state index contributed by atoms with van der Waals surface area (Å²) >= 11 is 0. The molecular weight excluding hydrogens is 265 g/mol. The maximum atomic E-state index is 13.6. The molecule has 0 radical (unpaired) electrons. The van der Waals surface area contributed by atoms with Crippen molar-refractivity contribution in [2.45, 2.75) is 33.4 Å². The van der Waals surface area contributed by atoms with Gasteiger partial charge in [0, 0.05) is 18.2 Å². The molecule has 0 aliphatic rings. The monoisotopic (exact) mass is 287 g/mol. The zero-order chi connectivity index (χ0) is 15.2. The van der Waals surface area contributed by atoms with Gasteiger partial charge in [0.25, 0.3) is 0 Å². The summed E-state index contributed by atoms with van der Waals surface area (Å²) in [6.07, 6.45) is 0. The van der Waals surface area contributed by atoms with E-state index < -0.39 is 0 Å². The van der Waals surface area contributed by atoms with Crippen LogP contribution in [0.5, 0.6) is 5.75 Å². The van der Waals surface area contributed by atoms with Gasteiger partial charge in [-0.1, -0.05) is 30.3 Å². The lowest BCUT2D eigenvalue weighted by Crippen LogP contribution is -2.18. The third-order valence-corrected chi connectivity index (χ3v) is 3.57. The second-order valence-electron chi connectivity index (χ2n) is 5.15. The third-order valence-electron chi connectivity index (χ3n) is 3.57. The highest BCUT2D eigenvalue weighted by Crippen LogP contribution is 2.20. The van der Waals surface area contributed by atoms with Crippen LogP contribution in [0, 0.1) is 12.7 Å². The van der Waals surface area contributed by atoms with E-state index in [0.29, 0.717) is 18.7 Å². The van der Waals surface area contributed by atoms with Crippen LogP contribution >= 0.6 is 0 Å². The molecule has 2 rings (SSSR count). The molecule has 0 amide bonds. The van der Waals surface area contributed by atoms with Gasteiger partial charge >= 0.3 is 0 Å². The molecule has 0 heterocycles. The van der Waals surface area contributed by atoms with Crippen molar-refractivity contribution in [2.75, 3.05) is 6.61 Å². The first kappa shape index (κ1) is 15.5. The van der Waals surface area contributed by atoms with Gasteiger partial charge < -0.3 is 10.1 Å². The maximum absolute atomic E-state index is 13.6. The summed E-state index contributed by atoms with van der Waals surface area (Å²) in [4.78, 5) is 0. The minimum absolute atomic E-state index is 0.0785. The number of nitrogens with one attached hydrogen (secondary N) is 1. The fourth-order valence-corrected chi connectivity index (χ4v) is 2.21. The lowest BCUT2D eigenvalue weighted by atomic mass is 10.1. The molecule has 1 atom stereocenters. The average molecular weight is 287 g/mol. The molecule has 0 aromatic heterocycles. The first-order chi connectivity index (χ1) is 10.1. The van der Waals surface area contributed by atoms with Crippen molar-refractivity contribution in [1.82, 2.24) is 5.32 Å². The van der Waals surface area contributed by atoms with Crippen molar-refractivity contribution < 1.29 is 9.13 Å². The van der Waals surface area contributed by atoms with E-state index in [0.717, 1.165) is 16.9 Å². The fourth-order valence-electron chi connectivity index (χ4n) is 2.21. The Bertz CT molecular complexity index is 598. The highest BCUT2D eigenvalue weighted by Gasteiger charge is 2.09. The van der Waals surface area contributed by atoms with Crippen LogP contribution in [0.15, 0.2) is 42.5 Å². The molecule has 1 N–H and O–H groups in total. The van der Waals surface area contributed by atoms with Gasteiger partial charge in [0.15, 0.2) is 0 Å². The number of aryl methyl sites for hydroxylation is 1. The number of rotatable bonds is 6. The van der Waals surface area contributed by atoms with Crippen LogP contribution in [0.4, 0.5) is 4.39 Å². The summed E-state index contributed by atoms with van der Waals surface area (Å²) in [5, 5.41) is 3.41. The minimum atomic E-state index is -0.157. The lowest BCUT2D eigenvalue weighted by molar-refractivity contribution is 0.335. The Morgan fingerprint density at radius 2 is 1.95 bits per heavy atom. The van der Waals surface area contributed by atoms with Crippen LogP contribution < -0.4 is 10.1 Å². The SMILES string of the molecule is CCOc1ccccc1CNC(C)c1ccc(C)c(F)c1.